The molecule has 0 bridgehead atoms. The first-order valence-electron chi connectivity index (χ1n) is 4.13. The second-order valence-corrected chi connectivity index (χ2v) is 2.66. The van der Waals surface area contributed by atoms with Crippen LogP contribution >= 0.6 is 0 Å². The highest BCUT2D eigenvalue weighted by atomic mass is 19.1. The first-order chi connectivity index (χ1) is 7.13. The Morgan fingerprint density at radius 3 is 2.93 bits per heavy atom. The molecule has 0 amide bonds. The Morgan fingerprint density at radius 1 is 1.60 bits per heavy atom. The Bertz CT molecular complexity index is 390. The van der Waals surface area contributed by atoms with E-state index < -0.39 is 11.8 Å². The van der Waals surface area contributed by atoms with Crippen molar-refractivity contribution in [3.63, 3.8) is 0 Å². The highest BCUT2D eigenvalue weighted by Gasteiger charge is 2.01. The van der Waals surface area contributed by atoms with E-state index in [9.17, 15) is 9.18 Å². The van der Waals surface area contributed by atoms with Crippen LogP contribution in [0.1, 0.15) is 0 Å². The van der Waals surface area contributed by atoms with Crippen molar-refractivity contribution < 1.29 is 19.0 Å². The number of carboxylic acids is 1. The van der Waals surface area contributed by atoms with Crippen LogP contribution in [0.25, 0.3) is 0 Å². The van der Waals surface area contributed by atoms with Gasteiger partial charge in [-0.2, -0.15) is 0 Å². The monoisotopic (exact) mass is 211 g/mol. The molecule has 0 aliphatic heterocycles. The van der Waals surface area contributed by atoms with Crippen LogP contribution in [0.2, 0.25) is 0 Å². The van der Waals surface area contributed by atoms with Crippen LogP contribution in [0, 0.1) is 5.82 Å². The number of carbonyl (C=O) groups is 1. The lowest BCUT2D eigenvalue weighted by Gasteiger charge is -2.05. The fourth-order valence-electron chi connectivity index (χ4n) is 0.945. The zero-order valence-electron chi connectivity index (χ0n) is 8.03. The Labute approximate surface area is 86.0 Å². The summed E-state index contributed by atoms with van der Waals surface area (Å²) < 4.78 is 18.0. The van der Waals surface area contributed by atoms with Gasteiger partial charge in [0, 0.05) is 18.3 Å². The van der Waals surface area contributed by atoms with Crippen LogP contribution in [0.15, 0.2) is 30.5 Å². The number of aliphatic carboxylic acids is 1. The van der Waals surface area contributed by atoms with E-state index in [4.69, 9.17) is 9.84 Å². The molecule has 0 fully saturated rings. The highest BCUT2D eigenvalue weighted by Crippen LogP contribution is 2.20. The molecule has 5 heteroatoms. The van der Waals surface area contributed by atoms with Crippen LogP contribution in [0.5, 0.6) is 5.75 Å². The van der Waals surface area contributed by atoms with Crippen molar-refractivity contribution in [2.45, 2.75) is 0 Å². The largest absolute Gasteiger partial charge is 0.497 e. The number of rotatable bonds is 4. The first-order valence-corrected chi connectivity index (χ1v) is 4.13. The minimum Gasteiger partial charge on any atom is -0.497 e. The molecule has 0 aliphatic rings. The van der Waals surface area contributed by atoms with Gasteiger partial charge in [-0.15, -0.1) is 0 Å². The molecule has 4 nitrogen and oxygen atoms in total. The molecular formula is C10H10FNO3. The van der Waals surface area contributed by atoms with Gasteiger partial charge in [-0.3, -0.25) is 0 Å². The van der Waals surface area contributed by atoms with Gasteiger partial charge in [0.1, 0.15) is 11.6 Å². The van der Waals surface area contributed by atoms with Crippen LogP contribution in [-0.4, -0.2) is 18.2 Å². The van der Waals surface area contributed by atoms with Crippen molar-refractivity contribution in [2.75, 3.05) is 12.4 Å². The third-order valence-electron chi connectivity index (χ3n) is 1.64. The number of hydrogen-bond donors (Lipinski definition) is 2. The van der Waals surface area contributed by atoms with Crippen LogP contribution in [-0.2, 0) is 4.79 Å². The molecule has 0 saturated heterocycles. The summed E-state index contributed by atoms with van der Waals surface area (Å²) in [6.07, 6.45) is 2.01. The topological polar surface area (TPSA) is 58.6 Å². The van der Waals surface area contributed by atoms with Gasteiger partial charge < -0.3 is 15.2 Å². The zero-order valence-corrected chi connectivity index (χ0v) is 8.03. The molecule has 2 N–H and O–H groups in total. The Morgan fingerprint density at radius 2 is 2.33 bits per heavy atom. The van der Waals surface area contributed by atoms with Gasteiger partial charge in [0.2, 0.25) is 0 Å². The molecule has 1 aromatic carbocycles. The summed E-state index contributed by atoms with van der Waals surface area (Å²) >= 11 is 0. The lowest BCUT2D eigenvalue weighted by molar-refractivity contribution is -0.131. The number of halogens is 1. The molecule has 1 rings (SSSR count). The number of hydrogen-bond acceptors (Lipinski definition) is 3. The SMILES string of the molecule is COc1ccc(F)c(N/C=C/C(=O)O)c1. The summed E-state index contributed by atoms with van der Waals surface area (Å²) in [7, 11) is 1.46. The number of anilines is 1. The van der Waals surface area contributed by atoms with Gasteiger partial charge in [-0.25, -0.2) is 9.18 Å². The van der Waals surface area contributed by atoms with Crippen molar-refractivity contribution in [1.29, 1.82) is 0 Å². The molecule has 0 aliphatic carbocycles. The van der Waals surface area contributed by atoms with E-state index in [1.807, 2.05) is 0 Å². The lowest BCUT2D eigenvalue weighted by atomic mass is 10.3. The first kappa shape index (κ1) is 11.0. The summed E-state index contributed by atoms with van der Waals surface area (Å²) in [5, 5.41) is 10.8. The van der Waals surface area contributed by atoms with Crippen molar-refractivity contribution in [1.82, 2.24) is 0 Å². The predicted molar refractivity (Wildman–Crippen MR) is 53.4 cm³/mol. The average Bonchev–Trinajstić information content (AvgIpc) is 2.20. The van der Waals surface area contributed by atoms with E-state index in [0.29, 0.717) is 5.75 Å². The second-order valence-electron chi connectivity index (χ2n) is 2.66. The molecule has 0 heterocycles. The Hall–Kier alpha value is -2.04. The maximum absolute atomic E-state index is 13.1. The summed E-state index contributed by atoms with van der Waals surface area (Å²) in [4.78, 5) is 10.2. The lowest BCUT2D eigenvalue weighted by Crippen LogP contribution is -1.95. The minimum atomic E-state index is -1.11. The predicted octanol–water partition coefficient (Wildman–Crippen LogP) is 1.84. The number of methoxy groups -OCH3 is 1. The van der Waals surface area contributed by atoms with Crippen molar-refractivity contribution >= 4 is 11.7 Å². The van der Waals surface area contributed by atoms with Crippen LogP contribution < -0.4 is 10.1 Å². The van der Waals surface area contributed by atoms with Crippen molar-refractivity contribution in [3.8, 4) is 5.75 Å². The third kappa shape index (κ3) is 3.30. The van der Waals surface area contributed by atoms with Crippen LogP contribution in [0.4, 0.5) is 10.1 Å². The number of nitrogens with one attached hydrogen (secondary N) is 1. The maximum atomic E-state index is 13.1. The molecule has 15 heavy (non-hydrogen) atoms. The molecule has 0 atom stereocenters. The molecule has 0 unspecified atom stereocenters. The molecule has 0 spiro atoms. The smallest absolute Gasteiger partial charge is 0.329 e. The molecule has 0 saturated carbocycles. The van der Waals surface area contributed by atoms with Crippen LogP contribution in [0.3, 0.4) is 0 Å². The van der Waals surface area contributed by atoms with Gasteiger partial charge >= 0.3 is 5.97 Å². The summed E-state index contributed by atoms with van der Waals surface area (Å²) in [6, 6.07) is 4.14. The molecule has 80 valence electrons. The van der Waals surface area contributed by atoms with Crippen molar-refractivity contribution in [2.24, 2.45) is 0 Å². The molecule has 1 aromatic rings. The quantitative estimate of drug-likeness (QED) is 0.746. The third-order valence-corrected chi connectivity index (χ3v) is 1.64. The Kier molecular flexibility index (Phi) is 3.68. The average molecular weight is 211 g/mol. The fourth-order valence-corrected chi connectivity index (χ4v) is 0.945. The summed E-state index contributed by atoms with van der Waals surface area (Å²) in [5.41, 5.74) is 0.159. The fraction of sp³-hybridized carbons (Fsp3) is 0.100. The van der Waals surface area contributed by atoms with E-state index >= 15 is 0 Å². The molecule has 0 radical (unpaired) electrons. The van der Waals surface area contributed by atoms with E-state index in [0.717, 1.165) is 12.3 Å². The van der Waals surface area contributed by atoms with Crippen molar-refractivity contribution in [3.05, 3.63) is 36.3 Å². The second kappa shape index (κ2) is 4.99. The maximum Gasteiger partial charge on any atom is 0.329 e. The Balaban J connectivity index is 2.79. The number of benzene rings is 1. The molecular weight excluding hydrogens is 201 g/mol. The number of ether oxygens (including phenoxy) is 1. The van der Waals surface area contributed by atoms with Gasteiger partial charge in [-0.1, -0.05) is 0 Å². The van der Waals surface area contributed by atoms with E-state index in [1.54, 1.807) is 0 Å². The molecule has 0 aromatic heterocycles. The standard InChI is InChI=1S/C10H10FNO3/c1-15-7-2-3-8(11)9(6-7)12-5-4-10(13)14/h2-6,12H,1H3,(H,13,14)/b5-4+. The van der Waals surface area contributed by atoms with Gasteiger partial charge in [0.05, 0.1) is 12.8 Å². The number of carboxylic acid groups (broad SMARTS) is 1. The minimum absolute atomic E-state index is 0.159. The van der Waals surface area contributed by atoms with Gasteiger partial charge in [-0.05, 0) is 12.1 Å². The van der Waals surface area contributed by atoms with Gasteiger partial charge in [0.25, 0.3) is 0 Å². The van der Waals surface area contributed by atoms with E-state index in [1.165, 1.54) is 25.3 Å². The van der Waals surface area contributed by atoms with E-state index in [2.05, 4.69) is 5.32 Å². The van der Waals surface area contributed by atoms with Gasteiger partial charge in [0.15, 0.2) is 0 Å². The van der Waals surface area contributed by atoms with E-state index in [-0.39, 0.29) is 5.69 Å². The zero-order chi connectivity index (χ0) is 11.3. The summed E-state index contributed by atoms with van der Waals surface area (Å²) in [5.74, 6) is -1.10. The highest BCUT2D eigenvalue weighted by molar-refractivity contribution is 5.80. The normalized spacial score (nSPS) is 10.3. The summed E-state index contributed by atoms with van der Waals surface area (Å²) in [6.45, 7) is 0.